The van der Waals surface area contributed by atoms with Gasteiger partial charge in [-0.2, -0.15) is 0 Å². The Morgan fingerprint density at radius 2 is 1.97 bits per heavy atom. The quantitative estimate of drug-likeness (QED) is 0.555. The number of amides is 2. The fourth-order valence-corrected chi connectivity index (χ4v) is 3.79. The third-order valence-corrected chi connectivity index (χ3v) is 5.39. The number of carbonyl (C=O) groups is 3. The summed E-state index contributed by atoms with van der Waals surface area (Å²) in [5.41, 5.74) is 3.26. The number of benzene rings is 2. The van der Waals surface area contributed by atoms with E-state index in [1.807, 2.05) is 43.3 Å². The van der Waals surface area contributed by atoms with Gasteiger partial charge in [-0.3, -0.25) is 9.59 Å². The van der Waals surface area contributed by atoms with Crippen LogP contribution in [0.15, 0.2) is 66.4 Å². The topological polar surface area (TPSA) is 84.9 Å². The van der Waals surface area contributed by atoms with Crippen LogP contribution >= 0.6 is 0 Å². The molecule has 0 aliphatic carbocycles. The molecule has 0 spiro atoms. The summed E-state index contributed by atoms with van der Waals surface area (Å²) in [6, 6.07) is 12.5. The molecule has 0 saturated heterocycles. The molecule has 164 valence electrons. The van der Waals surface area contributed by atoms with Gasteiger partial charge in [-0.15, -0.1) is 0 Å². The molecule has 2 amide bonds. The van der Waals surface area contributed by atoms with Gasteiger partial charge >= 0.3 is 5.97 Å². The summed E-state index contributed by atoms with van der Waals surface area (Å²) in [6.45, 7) is 4.20. The highest BCUT2D eigenvalue weighted by Crippen LogP contribution is 2.38. The van der Waals surface area contributed by atoms with Gasteiger partial charge in [-0.05, 0) is 36.6 Å². The number of aryl methyl sites for hydroxylation is 1. The van der Waals surface area contributed by atoms with Gasteiger partial charge in [0.2, 0.25) is 5.91 Å². The largest absolute Gasteiger partial charge is 0.486 e. The normalized spacial score (nSPS) is 17.4. The maximum atomic E-state index is 13.3. The van der Waals surface area contributed by atoms with Crippen LogP contribution in [0.5, 0.6) is 5.75 Å². The summed E-state index contributed by atoms with van der Waals surface area (Å²) in [7, 11) is 0. The minimum absolute atomic E-state index is 0.280. The number of nitrogens with one attached hydrogen (secondary N) is 1. The molecule has 2 aliphatic heterocycles. The Bertz CT molecular complexity index is 1120. The molecule has 0 unspecified atom stereocenters. The highest BCUT2D eigenvalue weighted by Gasteiger charge is 2.39. The van der Waals surface area contributed by atoms with Gasteiger partial charge in [-0.1, -0.05) is 42.5 Å². The first-order valence-electron chi connectivity index (χ1n) is 10.5. The van der Waals surface area contributed by atoms with Crippen molar-refractivity contribution in [2.45, 2.75) is 32.9 Å². The minimum Gasteiger partial charge on any atom is -0.486 e. The summed E-state index contributed by atoms with van der Waals surface area (Å²) in [5.74, 6) is -0.580. The van der Waals surface area contributed by atoms with Gasteiger partial charge in [0.25, 0.3) is 5.91 Å². The number of hydrogen-bond donors (Lipinski definition) is 1. The Morgan fingerprint density at radius 3 is 2.72 bits per heavy atom. The van der Waals surface area contributed by atoms with Crippen LogP contribution < -0.4 is 10.1 Å². The summed E-state index contributed by atoms with van der Waals surface area (Å²) in [4.78, 5) is 39.3. The lowest BCUT2D eigenvalue weighted by Crippen LogP contribution is -2.38. The minimum atomic E-state index is -0.695. The van der Waals surface area contributed by atoms with Gasteiger partial charge in [-0.25, -0.2) is 4.79 Å². The molecular weight excluding hydrogens is 408 g/mol. The van der Waals surface area contributed by atoms with Crippen LogP contribution in [0, 0.1) is 6.92 Å². The molecular formula is C25H24N2O5. The van der Waals surface area contributed by atoms with Crippen molar-refractivity contribution in [2.24, 2.45) is 0 Å². The van der Waals surface area contributed by atoms with E-state index in [1.165, 1.54) is 11.0 Å². The monoisotopic (exact) mass is 432 g/mol. The van der Waals surface area contributed by atoms with Gasteiger partial charge < -0.3 is 19.7 Å². The highest BCUT2D eigenvalue weighted by atomic mass is 16.5. The molecule has 32 heavy (non-hydrogen) atoms. The Hall–Kier alpha value is -3.87. The fraction of sp³-hybridized carbons (Fsp3) is 0.240. The number of fused-ring (bicyclic) bond motifs is 2. The van der Waals surface area contributed by atoms with E-state index in [1.54, 1.807) is 25.3 Å². The molecule has 0 radical (unpaired) electrons. The van der Waals surface area contributed by atoms with Gasteiger partial charge in [0, 0.05) is 18.7 Å². The predicted octanol–water partition coefficient (Wildman–Crippen LogP) is 3.74. The molecule has 1 N–H and O–H groups in total. The lowest BCUT2D eigenvalue weighted by Gasteiger charge is -2.18. The van der Waals surface area contributed by atoms with Crippen molar-refractivity contribution >= 4 is 23.5 Å². The van der Waals surface area contributed by atoms with E-state index >= 15 is 0 Å². The second-order valence-electron chi connectivity index (χ2n) is 7.62. The maximum absolute atomic E-state index is 13.3. The van der Waals surface area contributed by atoms with Crippen LogP contribution in [0.1, 0.15) is 34.8 Å². The second-order valence-corrected chi connectivity index (χ2v) is 7.62. The number of ether oxygens (including phenoxy) is 2. The first kappa shape index (κ1) is 21.4. The van der Waals surface area contributed by atoms with E-state index in [2.05, 4.69) is 5.32 Å². The molecule has 2 aromatic carbocycles. The van der Waals surface area contributed by atoms with E-state index < -0.39 is 12.0 Å². The Kier molecular flexibility index (Phi) is 6.07. The lowest BCUT2D eigenvalue weighted by molar-refractivity contribution is -0.137. The third-order valence-electron chi connectivity index (χ3n) is 5.39. The average molecular weight is 432 g/mol. The molecule has 0 saturated carbocycles. The number of rotatable bonds is 6. The van der Waals surface area contributed by atoms with Crippen molar-refractivity contribution in [1.29, 1.82) is 0 Å². The highest BCUT2D eigenvalue weighted by molar-refractivity contribution is 6.12. The number of esters is 1. The third kappa shape index (κ3) is 4.27. The molecule has 2 heterocycles. The molecule has 1 atom stereocenters. The van der Waals surface area contributed by atoms with E-state index in [0.717, 1.165) is 11.1 Å². The molecule has 7 nitrogen and oxygen atoms in total. The Labute approximate surface area is 186 Å². The van der Waals surface area contributed by atoms with Crippen LogP contribution in [0.2, 0.25) is 0 Å². The van der Waals surface area contributed by atoms with E-state index in [4.69, 9.17) is 9.47 Å². The molecule has 0 fully saturated rings. The van der Waals surface area contributed by atoms with E-state index in [-0.39, 0.29) is 18.4 Å². The first-order valence-corrected chi connectivity index (χ1v) is 10.5. The molecule has 0 bridgehead atoms. The molecule has 2 aliphatic rings. The number of hydrogen-bond acceptors (Lipinski definition) is 5. The molecule has 0 aromatic heterocycles. The molecule has 4 rings (SSSR count). The van der Waals surface area contributed by atoms with Crippen LogP contribution in [0.4, 0.5) is 5.69 Å². The number of nitrogens with zero attached hydrogens (tertiary/aromatic N) is 1. The lowest BCUT2D eigenvalue weighted by atomic mass is 10.1. The zero-order valence-electron chi connectivity index (χ0n) is 18.0. The standard InChI is InChI=1S/C25H24N2O5/c1-3-31-21(28)12-10-18-13-20-24(29)26-22-19(25(30)27(20)14-18)11-9-16(2)23(22)32-15-17-7-5-4-6-8-17/h4-12,14,20H,3,13,15H2,1-2H3,(H,26,29)/b12-10+/t20-/m0/s1. The van der Waals surface area contributed by atoms with Crippen LogP contribution in [-0.4, -0.2) is 35.3 Å². The predicted molar refractivity (Wildman–Crippen MR) is 119 cm³/mol. The smallest absolute Gasteiger partial charge is 0.330 e. The van der Waals surface area contributed by atoms with Crippen LogP contribution in [-0.2, 0) is 20.9 Å². The van der Waals surface area contributed by atoms with Gasteiger partial charge in [0.05, 0.1) is 17.9 Å². The number of allylic oxidation sites excluding steroid dienone is 1. The maximum Gasteiger partial charge on any atom is 0.330 e. The van der Waals surface area contributed by atoms with E-state index in [0.29, 0.717) is 35.6 Å². The summed E-state index contributed by atoms with van der Waals surface area (Å²) < 4.78 is 10.9. The van der Waals surface area contributed by atoms with E-state index in [9.17, 15) is 14.4 Å². The van der Waals surface area contributed by atoms with Crippen molar-refractivity contribution in [3.63, 3.8) is 0 Å². The zero-order valence-corrected chi connectivity index (χ0v) is 18.0. The SMILES string of the molecule is CCOC(=O)/C=C/C1=CN2C(=O)c3ccc(C)c(OCc4ccccc4)c3NC(=O)[C@@H]2C1. The first-order chi connectivity index (χ1) is 15.5. The van der Waals surface area contributed by atoms with Crippen molar-refractivity contribution in [1.82, 2.24) is 4.90 Å². The van der Waals surface area contributed by atoms with Crippen molar-refractivity contribution < 1.29 is 23.9 Å². The average Bonchev–Trinajstić information content (AvgIpc) is 3.19. The van der Waals surface area contributed by atoms with Crippen LogP contribution in [0.3, 0.4) is 0 Å². The fourth-order valence-electron chi connectivity index (χ4n) is 3.79. The van der Waals surface area contributed by atoms with Crippen LogP contribution in [0.25, 0.3) is 0 Å². The molecule has 7 heteroatoms. The summed E-state index contributed by atoms with van der Waals surface area (Å²) in [6.07, 6.45) is 4.80. The Morgan fingerprint density at radius 1 is 1.19 bits per heavy atom. The van der Waals surface area contributed by atoms with Gasteiger partial charge in [0.15, 0.2) is 0 Å². The second kappa shape index (κ2) is 9.09. The van der Waals surface area contributed by atoms with Crippen molar-refractivity contribution in [3.8, 4) is 5.75 Å². The Balaban J connectivity index is 1.62. The zero-order chi connectivity index (χ0) is 22.7. The van der Waals surface area contributed by atoms with Crippen molar-refractivity contribution in [2.75, 3.05) is 11.9 Å². The number of carbonyl (C=O) groups excluding carboxylic acids is 3. The van der Waals surface area contributed by atoms with Gasteiger partial charge in [0.1, 0.15) is 18.4 Å². The van der Waals surface area contributed by atoms with Crippen molar-refractivity contribution in [3.05, 3.63) is 83.1 Å². The molecule has 2 aromatic rings. The number of anilines is 1. The summed E-state index contributed by atoms with van der Waals surface area (Å²) >= 11 is 0. The summed E-state index contributed by atoms with van der Waals surface area (Å²) in [5, 5.41) is 2.90.